The molecule has 8 heavy (non-hydrogen) atoms. The normalized spacial score (nSPS) is 14.2. The average molecular weight is 115 g/mol. The summed E-state index contributed by atoms with van der Waals surface area (Å²) in [7, 11) is 0. The Morgan fingerprint density at radius 2 is 3.00 bits per heavy atom. The van der Waals surface area contributed by atoms with E-state index in [1.165, 1.54) is 0 Å². The molecular weight excluding hydrogens is 108 g/mol. The van der Waals surface area contributed by atoms with Crippen molar-refractivity contribution in [2.24, 2.45) is 0 Å². The fourth-order valence-electron chi connectivity index (χ4n) is 0.271. The van der Waals surface area contributed by atoms with E-state index in [-0.39, 0.29) is 0 Å². The summed E-state index contributed by atoms with van der Waals surface area (Å²) in [6, 6.07) is 0. The topological polar surface area (TPSA) is 66.0 Å². The molecule has 0 aliphatic heterocycles. The first kappa shape index (κ1) is 2.30. The van der Waals surface area contributed by atoms with Gasteiger partial charge in [0.2, 0.25) is 0 Å². The first-order valence-corrected chi connectivity index (χ1v) is 1.82. The molecule has 1 heterocycles. The average Bonchev–Trinajstić information content (AvgIpc) is 2.07. The van der Waals surface area contributed by atoms with Gasteiger partial charge in [-0.1, -0.05) is 0 Å². The molecule has 2 N–H and O–H groups in total. The Labute approximate surface area is 49.4 Å². The number of nitrogens with zero attached hydrogens (tertiary/aromatic N) is 1. The van der Waals surface area contributed by atoms with Crippen LogP contribution in [0.2, 0.25) is 1.41 Å². The van der Waals surface area contributed by atoms with Crippen LogP contribution in [0.4, 0.5) is 0 Å². The Kier molecular flexibility index (Phi) is 0.475. The lowest BCUT2D eigenvalue weighted by Crippen LogP contribution is -1.91. The van der Waals surface area contributed by atoms with Gasteiger partial charge in [-0.05, 0) is 0 Å². The molecule has 0 radical (unpaired) electrons. The predicted octanol–water partition coefficient (Wildman–Crippen LogP) is 0.108. The van der Waals surface area contributed by atoms with Gasteiger partial charge in [0.25, 0.3) is 0 Å². The van der Waals surface area contributed by atoms with Gasteiger partial charge in [0, 0.05) is 6.17 Å². The molecule has 0 fully saturated rings. The lowest BCUT2D eigenvalue weighted by atomic mass is 10.4. The van der Waals surface area contributed by atoms with E-state index in [2.05, 4.69) is 5.10 Å². The van der Waals surface area contributed by atoms with E-state index in [0.29, 0.717) is 5.09 Å². The summed E-state index contributed by atoms with van der Waals surface area (Å²) in [6.45, 7) is 0. The fraction of sp³-hybridized carbons (Fsp3) is 0. The van der Waals surface area contributed by atoms with Gasteiger partial charge in [-0.25, -0.2) is 4.79 Å². The van der Waals surface area contributed by atoms with Crippen molar-refractivity contribution < 1.29 is 14.1 Å². The minimum atomic E-state index is -1.40. The van der Waals surface area contributed by atoms with E-state index in [0.717, 1.165) is 0 Å². The summed E-state index contributed by atoms with van der Waals surface area (Å²) in [5.41, 5.74) is -0.542. The fourth-order valence-corrected chi connectivity index (χ4v) is 0.271. The largest absolute Gasteiger partial charge is 0.478 e. The number of carbonyl (C=O) groups is 1. The standard InChI is InChI=1S/C4H4N2O2/c7-4(8)3-1-5-6-2-3/h1-2H,(H,5,6)(H,7,8)/i1D,2D/hD. The Bertz CT molecular complexity index is 309. The second kappa shape index (κ2) is 1.65. The van der Waals surface area contributed by atoms with Gasteiger partial charge in [-0.2, -0.15) is 5.10 Å². The zero-order chi connectivity index (χ0) is 8.59. The third kappa shape index (κ3) is 0.676. The maximum absolute atomic E-state index is 10.3. The van der Waals surface area contributed by atoms with Crippen LogP contribution in [0.15, 0.2) is 12.3 Å². The molecule has 1 aromatic rings. The molecule has 0 atom stereocenters. The zero-order valence-electron chi connectivity index (χ0n) is 6.75. The molecule has 1 aromatic heterocycles. The number of hydrogen-bond acceptors (Lipinski definition) is 2. The Morgan fingerprint density at radius 1 is 2.25 bits per heavy atom. The maximum Gasteiger partial charge on any atom is 0.338 e. The number of aromatic carboxylic acids is 1. The van der Waals surface area contributed by atoms with E-state index < -0.39 is 23.9 Å². The Morgan fingerprint density at radius 3 is 3.25 bits per heavy atom. The molecule has 0 aromatic carbocycles. The number of carboxylic acids is 1. The lowest BCUT2D eigenvalue weighted by Gasteiger charge is -1.77. The van der Waals surface area contributed by atoms with Crippen LogP contribution in [0, 0.1) is 0 Å². The molecule has 1 rings (SSSR count). The number of aromatic nitrogens is 2. The molecule has 0 unspecified atom stereocenters. The van der Waals surface area contributed by atoms with Crippen LogP contribution in [-0.4, -0.2) is 21.3 Å². The van der Waals surface area contributed by atoms with Crippen LogP contribution in [0.5, 0.6) is 0 Å². The van der Waals surface area contributed by atoms with Gasteiger partial charge < -0.3 is 5.11 Å². The van der Waals surface area contributed by atoms with E-state index in [1.807, 2.05) is 0 Å². The van der Waals surface area contributed by atoms with Gasteiger partial charge in [0.15, 0.2) is 1.41 Å². The number of rotatable bonds is 1. The smallest absolute Gasteiger partial charge is 0.338 e. The summed E-state index contributed by atoms with van der Waals surface area (Å²) in [6.07, 6.45) is -1.14. The van der Waals surface area contributed by atoms with E-state index in [4.69, 9.17) is 9.26 Å². The molecule has 4 nitrogen and oxygen atoms in total. The number of carboxylic acid groups (broad SMARTS) is 1. The second-order valence-corrected chi connectivity index (χ2v) is 1.10. The van der Waals surface area contributed by atoms with E-state index >= 15 is 0 Å². The van der Waals surface area contributed by atoms with Crippen LogP contribution in [0.1, 0.15) is 13.1 Å². The molecule has 0 amide bonds. The molecular formula is C4H4N2O2. The van der Waals surface area contributed by atoms with Gasteiger partial charge in [-0.3, -0.25) is 5.09 Å². The van der Waals surface area contributed by atoms with Crippen LogP contribution < -0.4 is 0 Å². The van der Waals surface area contributed by atoms with Crippen molar-refractivity contribution in [2.75, 3.05) is 0 Å². The van der Waals surface area contributed by atoms with Crippen LogP contribution in [-0.2, 0) is 0 Å². The van der Waals surface area contributed by atoms with Crippen LogP contribution in [0.25, 0.3) is 0 Å². The minimum absolute atomic E-state index is 0.297. The first-order valence-electron chi connectivity index (χ1n) is 3.27. The van der Waals surface area contributed by atoms with Crippen LogP contribution in [0.3, 0.4) is 0 Å². The van der Waals surface area contributed by atoms with Gasteiger partial charge in [0.05, 0.1) is 14.5 Å². The van der Waals surface area contributed by atoms with Crippen molar-refractivity contribution in [1.82, 2.24) is 10.2 Å². The highest BCUT2D eigenvalue weighted by Crippen LogP contribution is 1.90. The number of aromatic amines is 1. The number of nitrogens with one attached hydrogen (secondary N) is 1. The summed E-state index contributed by atoms with van der Waals surface area (Å²) in [5.74, 6) is -1.40. The highest BCUT2D eigenvalue weighted by atomic mass is 16.4. The minimum Gasteiger partial charge on any atom is -0.478 e. The summed E-state index contributed by atoms with van der Waals surface area (Å²) >= 11 is 0. The third-order valence-corrected chi connectivity index (χ3v) is 0.587. The SMILES string of the molecule is [2H]c1nn([2H])c([2H])c1C(=O)O. The van der Waals surface area contributed by atoms with Crippen LogP contribution >= 0.6 is 0 Å². The molecule has 4 heteroatoms. The Balaban J connectivity index is 3.34. The quantitative estimate of drug-likeness (QED) is 0.545. The highest BCUT2D eigenvalue weighted by molar-refractivity contribution is 5.86. The van der Waals surface area contributed by atoms with Crippen molar-refractivity contribution >= 4 is 5.97 Å². The highest BCUT2D eigenvalue weighted by Gasteiger charge is 1.99. The Hall–Kier alpha value is -1.32. The molecule has 0 bridgehead atoms. The predicted molar refractivity (Wildman–Crippen MR) is 25.5 cm³/mol. The number of hydrogen-bond donors (Lipinski definition) is 2. The second-order valence-electron chi connectivity index (χ2n) is 1.10. The first-order chi connectivity index (χ1) is 5.04. The lowest BCUT2D eigenvalue weighted by molar-refractivity contribution is 0.0697. The van der Waals surface area contributed by atoms with Crippen molar-refractivity contribution in [3.63, 3.8) is 0 Å². The van der Waals surface area contributed by atoms with E-state index in [1.54, 1.807) is 0 Å². The molecule has 0 saturated carbocycles. The van der Waals surface area contributed by atoms with Crippen molar-refractivity contribution in [1.29, 1.82) is 0 Å². The molecule has 0 saturated heterocycles. The van der Waals surface area contributed by atoms with Crippen molar-refractivity contribution in [3.05, 3.63) is 17.9 Å². The zero-order valence-corrected chi connectivity index (χ0v) is 3.75. The van der Waals surface area contributed by atoms with Gasteiger partial charge in [-0.15, -0.1) is 0 Å². The van der Waals surface area contributed by atoms with E-state index in [9.17, 15) is 4.79 Å². The third-order valence-electron chi connectivity index (χ3n) is 0.587. The molecule has 42 valence electrons. The summed E-state index contributed by atoms with van der Waals surface area (Å²) in [5, 5.41) is 11.8. The molecule has 0 aliphatic carbocycles. The van der Waals surface area contributed by atoms with Crippen molar-refractivity contribution in [2.45, 2.75) is 0 Å². The van der Waals surface area contributed by atoms with Gasteiger partial charge in [0.1, 0.15) is 0 Å². The molecule has 0 spiro atoms. The van der Waals surface area contributed by atoms with Crippen molar-refractivity contribution in [3.8, 4) is 0 Å². The maximum atomic E-state index is 10.3. The number of H-pyrrole nitrogens is 1. The summed E-state index contributed by atoms with van der Waals surface area (Å²) in [4.78, 5) is 10.3. The van der Waals surface area contributed by atoms with Gasteiger partial charge >= 0.3 is 5.97 Å². The molecule has 0 aliphatic rings. The monoisotopic (exact) mass is 115 g/mol. The summed E-state index contributed by atoms with van der Waals surface area (Å²) < 4.78 is 20.7.